The molecular weight excluding hydrogens is 380 g/mol. The molecule has 0 aliphatic rings. The summed E-state index contributed by atoms with van der Waals surface area (Å²) >= 11 is 15.4. The molecule has 0 atom stereocenters. The highest BCUT2D eigenvalue weighted by atomic mass is 79.9. The first-order valence-electron chi connectivity index (χ1n) is 5.90. The first-order chi connectivity index (χ1) is 10.0. The molecule has 2 rings (SSSR count). The van der Waals surface area contributed by atoms with Crippen molar-refractivity contribution in [1.29, 1.82) is 5.26 Å². The van der Waals surface area contributed by atoms with Crippen molar-refractivity contribution in [2.45, 2.75) is 11.9 Å². The van der Waals surface area contributed by atoms with Gasteiger partial charge in [0.05, 0.1) is 16.7 Å². The van der Waals surface area contributed by atoms with Gasteiger partial charge < -0.3 is 4.74 Å². The molecule has 21 heavy (non-hydrogen) atoms. The molecule has 0 bridgehead atoms. The maximum atomic E-state index is 13.7. The van der Waals surface area contributed by atoms with Gasteiger partial charge in [-0.2, -0.15) is 5.26 Å². The quantitative estimate of drug-likeness (QED) is 0.650. The molecule has 2 aromatic rings. The molecule has 0 aliphatic heterocycles. The molecule has 0 N–H and O–H groups in total. The number of rotatable bonds is 4. The van der Waals surface area contributed by atoms with Gasteiger partial charge in [-0.15, -0.1) is 0 Å². The molecule has 2 nitrogen and oxygen atoms in total. The Morgan fingerprint density at radius 1 is 1.19 bits per heavy atom. The lowest BCUT2D eigenvalue weighted by Crippen LogP contribution is -2.01. The van der Waals surface area contributed by atoms with Crippen molar-refractivity contribution in [3.8, 4) is 11.8 Å². The molecule has 0 saturated heterocycles. The van der Waals surface area contributed by atoms with Gasteiger partial charge in [0.25, 0.3) is 0 Å². The van der Waals surface area contributed by atoms with E-state index in [1.807, 2.05) is 6.07 Å². The molecule has 0 heterocycles. The van der Waals surface area contributed by atoms with Crippen molar-refractivity contribution in [3.05, 3.63) is 62.9 Å². The highest BCUT2D eigenvalue weighted by molar-refractivity contribution is 9.08. The van der Waals surface area contributed by atoms with Gasteiger partial charge in [0, 0.05) is 21.5 Å². The summed E-state index contributed by atoms with van der Waals surface area (Å²) in [6.07, 6.45) is 0. The van der Waals surface area contributed by atoms with Crippen LogP contribution in [-0.4, -0.2) is 0 Å². The summed E-state index contributed by atoms with van der Waals surface area (Å²) in [4.78, 5) is 0. The van der Waals surface area contributed by atoms with Gasteiger partial charge in [-0.3, -0.25) is 0 Å². The molecular formula is C15H9BrCl2FNO. The van der Waals surface area contributed by atoms with E-state index in [-0.39, 0.29) is 6.61 Å². The summed E-state index contributed by atoms with van der Waals surface area (Å²) in [5.74, 6) is 0.0131. The fourth-order valence-electron chi connectivity index (χ4n) is 1.78. The topological polar surface area (TPSA) is 33.0 Å². The Balaban J connectivity index is 2.27. The molecule has 6 heteroatoms. The lowest BCUT2D eigenvalue weighted by molar-refractivity contribution is 0.298. The molecule has 0 saturated carbocycles. The molecule has 108 valence electrons. The Bertz CT molecular complexity index is 716. The molecule has 0 unspecified atom stereocenters. The lowest BCUT2D eigenvalue weighted by Gasteiger charge is -2.13. The summed E-state index contributed by atoms with van der Waals surface area (Å²) in [5.41, 5.74) is 1.43. The maximum Gasteiger partial charge on any atom is 0.142 e. The number of benzene rings is 2. The number of nitrogens with zero attached hydrogens (tertiary/aromatic N) is 1. The highest BCUT2D eigenvalue weighted by Crippen LogP contribution is 2.34. The van der Waals surface area contributed by atoms with Gasteiger partial charge in [0.1, 0.15) is 18.2 Å². The van der Waals surface area contributed by atoms with Gasteiger partial charge >= 0.3 is 0 Å². The first-order valence-corrected chi connectivity index (χ1v) is 7.78. The summed E-state index contributed by atoms with van der Waals surface area (Å²) in [6, 6.07) is 9.35. The molecule has 0 spiro atoms. The second kappa shape index (κ2) is 7.13. The number of alkyl halides is 1. The third kappa shape index (κ3) is 3.88. The van der Waals surface area contributed by atoms with Crippen molar-refractivity contribution in [2.24, 2.45) is 0 Å². The fraction of sp³-hybridized carbons (Fsp3) is 0.133. The van der Waals surface area contributed by atoms with Crippen LogP contribution in [0.4, 0.5) is 4.39 Å². The zero-order chi connectivity index (χ0) is 15.4. The largest absolute Gasteiger partial charge is 0.487 e. The number of nitriles is 1. The van der Waals surface area contributed by atoms with Crippen molar-refractivity contribution in [1.82, 2.24) is 0 Å². The molecule has 0 aliphatic carbocycles. The van der Waals surface area contributed by atoms with Crippen molar-refractivity contribution < 1.29 is 9.13 Å². The van der Waals surface area contributed by atoms with Crippen LogP contribution in [0.1, 0.15) is 16.7 Å². The van der Waals surface area contributed by atoms with Crippen LogP contribution in [-0.2, 0) is 11.9 Å². The Kier molecular flexibility index (Phi) is 5.46. The van der Waals surface area contributed by atoms with Crippen LogP contribution in [0.3, 0.4) is 0 Å². The standard InChI is InChI=1S/C15H9BrCl2FNO/c16-6-10-4-12(17)5-13(18)15(10)21-8-11-3-9(7-20)1-2-14(11)19/h1-5H,6,8H2. The van der Waals surface area contributed by atoms with Crippen LogP contribution in [0, 0.1) is 17.1 Å². The van der Waals surface area contributed by atoms with Crippen LogP contribution in [0.15, 0.2) is 30.3 Å². The van der Waals surface area contributed by atoms with Gasteiger partial charge in [-0.1, -0.05) is 39.1 Å². The van der Waals surface area contributed by atoms with Crippen LogP contribution >= 0.6 is 39.1 Å². The Labute approximate surface area is 140 Å². The number of halogens is 4. The normalized spacial score (nSPS) is 10.2. The predicted octanol–water partition coefficient (Wildman–Crippen LogP) is 5.48. The molecule has 0 aromatic heterocycles. The predicted molar refractivity (Wildman–Crippen MR) is 84.5 cm³/mol. The first kappa shape index (κ1) is 16.1. The third-order valence-corrected chi connectivity index (χ3v) is 3.88. The van der Waals surface area contributed by atoms with E-state index in [0.29, 0.717) is 32.3 Å². The van der Waals surface area contributed by atoms with Crippen LogP contribution < -0.4 is 4.74 Å². The molecule has 0 amide bonds. The van der Waals surface area contributed by atoms with Gasteiger partial charge in [-0.05, 0) is 30.3 Å². The second-order valence-corrected chi connectivity index (χ2v) is 5.62. The summed E-state index contributed by atoms with van der Waals surface area (Å²) < 4.78 is 19.3. The van der Waals surface area contributed by atoms with E-state index in [4.69, 9.17) is 33.2 Å². The summed E-state index contributed by atoms with van der Waals surface area (Å²) in [6.45, 7) is -0.0251. The smallest absolute Gasteiger partial charge is 0.142 e. The maximum absolute atomic E-state index is 13.7. The van der Waals surface area contributed by atoms with Crippen molar-refractivity contribution in [3.63, 3.8) is 0 Å². The minimum Gasteiger partial charge on any atom is -0.487 e. The zero-order valence-corrected chi connectivity index (χ0v) is 13.8. The summed E-state index contributed by atoms with van der Waals surface area (Å²) in [7, 11) is 0. The monoisotopic (exact) mass is 387 g/mol. The van der Waals surface area contributed by atoms with Crippen LogP contribution in [0.5, 0.6) is 5.75 Å². The van der Waals surface area contributed by atoms with E-state index in [9.17, 15) is 4.39 Å². The Hall–Kier alpha value is -1.28. The molecule has 2 aromatic carbocycles. The van der Waals surface area contributed by atoms with Gasteiger partial charge in [-0.25, -0.2) is 4.39 Å². The summed E-state index contributed by atoms with van der Waals surface area (Å²) in [5, 5.41) is 10.2. The van der Waals surface area contributed by atoms with E-state index >= 15 is 0 Å². The van der Waals surface area contributed by atoms with Crippen LogP contribution in [0.25, 0.3) is 0 Å². The van der Waals surface area contributed by atoms with E-state index in [0.717, 1.165) is 5.56 Å². The highest BCUT2D eigenvalue weighted by Gasteiger charge is 2.12. The van der Waals surface area contributed by atoms with Crippen molar-refractivity contribution >= 4 is 39.1 Å². The number of hydrogen-bond acceptors (Lipinski definition) is 2. The zero-order valence-electron chi connectivity index (χ0n) is 10.7. The van der Waals surface area contributed by atoms with E-state index < -0.39 is 5.82 Å². The number of hydrogen-bond donors (Lipinski definition) is 0. The second-order valence-electron chi connectivity index (χ2n) is 4.22. The molecule has 0 fully saturated rings. The van der Waals surface area contributed by atoms with Gasteiger partial charge in [0.15, 0.2) is 0 Å². The van der Waals surface area contributed by atoms with Crippen molar-refractivity contribution in [2.75, 3.05) is 0 Å². The fourth-order valence-corrected chi connectivity index (χ4v) is 2.79. The minimum absolute atomic E-state index is 0.0251. The van der Waals surface area contributed by atoms with Gasteiger partial charge in [0.2, 0.25) is 0 Å². The Morgan fingerprint density at radius 3 is 2.62 bits per heavy atom. The number of ether oxygens (including phenoxy) is 1. The SMILES string of the molecule is N#Cc1ccc(F)c(COc2c(Cl)cc(Cl)cc2CBr)c1. The third-order valence-electron chi connectivity index (χ3n) is 2.78. The molecule has 0 radical (unpaired) electrons. The average molecular weight is 389 g/mol. The van der Waals surface area contributed by atoms with Crippen LogP contribution in [0.2, 0.25) is 10.0 Å². The average Bonchev–Trinajstić information content (AvgIpc) is 2.47. The Morgan fingerprint density at radius 2 is 1.95 bits per heavy atom. The minimum atomic E-state index is -0.431. The van der Waals surface area contributed by atoms with E-state index in [1.165, 1.54) is 18.2 Å². The lowest BCUT2D eigenvalue weighted by atomic mass is 10.1. The van der Waals surface area contributed by atoms with E-state index in [1.54, 1.807) is 12.1 Å². The van der Waals surface area contributed by atoms with E-state index in [2.05, 4.69) is 15.9 Å².